The zero-order valence-corrected chi connectivity index (χ0v) is 11.4. The Bertz CT molecular complexity index is 625. The lowest BCUT2D eigenvalue weighted by molar-refractivity contribution is 0.0692. The Balaban J connectivity index is 2.22. The number of anilines is 1. The van der Waals surface area contributed by atoms with E-state index in [2.05, 4.69) is 4.72 Å². The summed E-state index contributed by atoms with van der Waals surface area (Å²) in [5.41, 5.74) is 5.24. The third kappa shape index (κ3) is 3.27. The van der Waals surface area contributed by atoms with Crippen LogP contribution in [0.25, 0.3) is 0 Å². The highest BCUT2D eigenvalue weighted by atomic mass is 32.2. The minimum Gasteiger partial charge on any atom is -0.478 e. The van der Waals surface area contributed by atoms with Crippen LogP contribution in [-0.4, -0.2) is 37.2 Å². The summed E-state index contributed by atoms with van der Waals surface area (Å²) in [5.74, 6) is -1.25. The summed E-state index contributed by atoms with van der Waals surface area (Å²) in [7, 11) is -4.00. The van der Waals surface area contributed by atoms with Crippen molar-refractivity contribution in [3.8, 4) is 0 Å². The van der Waals surface area contributed by atoms with E-state index in [1.165, 1.54) is 6.07 Å². The lowest BCUT2D eigenvalue weighted by atomic mass is 10.2. The van der Waals surface area contributed by atoms with Crippen molar-refractivity contribution >= 4 is 21.7 Å². The van der Waals surface area contributed by atoms with Gasteiger partial charge in [0.05, 0.1) is 16.6 Å². The number of nitrogen functional groups attached to an aromatic ring is 1. The molecule has 2 rings (SSSR count). The lowest BCUT2D eigenvalue weighted by Crippen LogP contribution is -2.34. The smallest absolute Gasteiger partial charge is 0.337 e. The van der Waals surface area contributed by atoms with Crippen molar-refractivity contribution < 1.29 is 23.4 Å². The molecule has 8 heteroatoms. The maximum absolute atomic E-state index is 12.1. The molecule has 0 radical (unpaired) electrons. The van der Waals surface area contributed by atoms with E-state index in [4.69, 9.17) is 10.8 Å². The Hall–Kier alpha value is -1.64. The fourth-order valence-electron chi connectivity index (χ4n) is 1.87. The zero-order chi connectivity index (χ0) is 14.9. The molecule has 110 valence electrons. The molecule has 1 saturated carbocycles. The second-order valence-corrected chi connectivity index (χ2v) is 6.55. The summed E-state index contributed by atoms with van der Waals surface area (Å²) in [6.45, 7) is -0.129. The average Bonchev–Trinajstić information content (AvgIpc) is 3.19. The van der Waals surface area contributed by atoms with Gasteiger partial charge in [-0.1, -0.05) is 0 Å². The highest BCUT2D eigenvalue weighted by molar-refractivity contribution is 7.89. The van der Waals surface area contributed by atoms with Gasteiger partial charge in [-0.2, -0.15) is 0 Å². The summed E-state index contributed by atoms with van der Waals surface area (Å²) >= 11 is 0. The Morgan fingerprint density at radius 1 is 1.45 bits per heavy atom. The third-order valence-corrected chi connectivity index (χ3v) is 4.65. The Labute approximate surface area is 116 Å². The number of rotatable bonds is 6. The van der Waals surface area contributed by atoms with E-state index in [0.29, 0.717) is 0 Å². The Morgan fingerprint density at radius 2 is 2.10 bits per heavy atom. The predicted molar refractivity (Wildman–Crippen MR) is 71.7 cm³/mol. The predicted octanol–water partition coefficient (Wildman–Crippen LogP) is 0.0162. The zero-order valence-electron chi connectivity index (χ0n) is 10.6. The Morgan fingerprint density at radius 3 is 2.65 bits per heavy atom. The van der Waals surface area contributed by atoms with Crippen LogP contribution in [0.3, 0.4) is 0 Å². The number of sulfonamides is 1. The van der Waals surface area contributed by atoms with Crippen LogP contribution in [0.5, 0.6) is 0 Å². The van der Waals surface area contributed by atoms with Gasteiger partial charge in [-0.05, 0) is 37.0 Å². The van der Waals surface area contributed by atoms with Gasteiger partial charge >= 0.3 is 5.97 Å². The fourth-order valence-corrected chi connectivity index (χ4v) is 3.10. The van der Waals surface area contributed by atoms with Crippen LogP contribution in [-0.2, 0) is 10.0 Å². The van der Waals surface area contributed by atoms with Gasteiger partial charge in [0.15, 0.2) is 0 Å². The Kier molecular flexibility index (Phi) is 3.98. The molecule has 1 fully saturated rings. The van der Waals surface area contributed by atoms with Crippen LogP contribution in [0.15, 0.2) is 23.1 Å². The minimum atomic E-state index is -4.00. The molecule has 1 aromatic rings. The molecule has 0 amide bonds. The van der Waals surface area contributed by atoms with Crippen LogP contribution in [0, 0.1) is 5.92 Å². The van der Waals surface area contributed by atoms with Crippen molar-refractivity contribution in [3.05, 3.63) is 23.8 Å². The molecule has 0 aromatic heterocycles. The normalized spacial score (nSPS) is 16.9. The molecular weight excluding hydrogens is 284 g/mol. The van der Waals surface area contributed by atoms with Crippen molar-refractivity contribution in [2.24, 2.45) is 5.92 Å². The monoisotopic (exact) mass is 300 g/mol. The first-order valence-corrected chi connectivity index (χ1v) is 7.60. The number of nitrogens with one attached hydrogen (secondary N) is 1. The lowest BCUT2D eigenvalue weighted by Gasteiger charge is -2.13. The van der Waals surface area contributed by atoms with E-state index in [0.717, 1.165) is 25.0 Å². The number of carboxylic acid groups (broad SMARTS) is 1. The summed E-state index contributed by atoms with van der Waals surface area (Å²) in [6.07, 6.45) is 1.02. The van der Waals surface area contributed by atoms with Gasteiger partial charge < -0.3 is 15.9 Å². The van der Waals surface area contributed by atoms with Crippen LogP contribution >= 0.6 is 0 Å². The molecular formula is C12H16N2O5S. The molecule has 0 aliphatic heterocycles. The number of benzene rings is 1. The van der Waals surface area contributed by atoms with Gasteiger partial charge in [0.1, 0.15) is 0 Å². The van der Waals surface area contributed by atoms with Crippen LogP contribution in [0.1, 0.15) is 23.2 Å². The third-order valence-electron chi connectivity index (χ3n) is 3.17. The van der Waals surface area contributed by atoms with E-state index in [-0.39, 0.29) is 23.0 Å². The number of aliphatic hydroxyl groups is 1. The summed E-state index contributed by atoms with van der Waals surface area (Å²) in [6, 6.07) is 3.55. The van der Waals surface area contributed by atoms with Gasteiger partial charge in [-0.3, -0.25) is 0 Å². The average molecular weight is 300 g/mol. The van der Waals surface area contributed by atoms with Crippen molar-refractivity contribution in [3.63, 3.8) is 0 Å². The van der Waals surface area contributed by atoms with Crippen molar-refractivity contribution in [2.75, 3.05) is 12.3 Å². The maximum Gasteiger partial charge on any atom is 0.337 e. The molecule has 1 aromatic carbocycles. The van der Waals surface area contributed by atoms with E-state index >= 15 is 0 Å². The molecule has 1 atom stereocenters. The van der Waals surface area contributed by atoms with Gasteiger partial charge in [0, 0.05) is 12.2 Å². The highest BCUT2D eigenvalue weighted by Gasteiger charge is 2.31. The number of hydrogen-bond donors (Lipinski definition) is 4. The van der Waals surface area contributed by atoms with Crippen molar-refractivity contribution in [1.82, 2.24) is 4.72 Å². The molecule has 0 saturated heterocycles. The van der Waals surface area contributed by atoms with Crippen molar-refractivity contribution in [2.45, 2.75) is 23.8 Å². The number of aliphatic hydroxyl groups excluding tert-OH is 1. The molecule has 0 spiro atoms. The molecule has 20 heavy (non-hydrogen) atoms. The standard InChI is InChI=1S/C12H16N2O5S/c13-8-3-4-11(9(5-8)12(16)17)20(18,19)14-6-10(15)7-1-2-7/h3-5,7,10,14-15H,1-2,6,13H2,(H,16,17). The quantitative estimate of drug-likeness (QED) is 0.548. The van der Waals surface area contributed by atoms with Crippen molar-refractivity contribution in [1.29, 1.82) is 0 Å². The number of carboxylic acids is 1. The number of carbonyl (C=O) groups is 1. The van der Waals surface area contributed by atoms with E-state index in [9.17, 15) is 18.3 Å². The van der Waals surface area contributed by atoms with E-state index in [1.807, 2.05) is 0 Å². The summed E-state index contributed by atoms with van der Waals surface area (Å²) in [4.78, 5) is 10.7. The van der Waals surface area contributed by atoms with Crippen LogP contribution in [0.2, 0.25) is 0 Å². The highest BCUT2D eigenvalue weighted by Crippen LogP contribution is 2.32. The maximum atomic E-state index is 12.1. The molecule has 0 heterocycles. The van der Waals surface area contributed by atoms with Gasteiger partial charge in [-0.25, -0.2) is 17.9 Å². The van der Waals surface area contributed by atoms with Gasteiger partial charge in [0.2, 0.25) is 10.0 Å². The van der Waals surface area contributed by atoms with Gasteiger partial charge in [0.25, 0.3) is 0 Å². The van der Waals surface area contributed by atoms with E-state index < -0.39 is 27.7 Å². The minimum absolute atomic E-state index is 0.128. The number of aromatic carboxylic acids is 1. The number of nitrogens with two attached hydrogens (primary N) is 1. The molecule has 0 bridgehead atoms. The largest absolute Gasteiger partial charge is 0.478 e. The molecule has 5 N–H and O–H groups in total. The molecule has 1 unspecified atom stereocenters. The summed E-state index contributed by atoms with van der Waals surface area (Å²) < 4.78 is 26.4. The van der Waals surface area contributed by atoms with E-state index in [1.54, 1.807) is 0 Å². The first kappa shape index (κ1) is 14.8. The van der Waals surface area contributed by atoms with Gasteiger partial charge in [-0.15, -0.1) is 0 Å². The number of hydrogen-bond acceptors (Lipinski definition) is 5. The first-order chi connectivity index (χ1) is 9.31. The molecule has 1 aliphatic carbocycles. The fraction of sp³-hybridized carbons (Fsp3) is 0.417. The second-order valence-electron chi connectivity index (χ2n) is 4.82. The summed E-state index contributed by atoms with van der Waals surface area (Å²) in [5, 5.41) is 18.7. The first-order valence-electron chi connectivity index (χ1n) is 6.12. The second kappa shape index (κ2) is 5.39. The SMILES string of the molecule is Nc1ccc(S(=O)(=O)NCC(O)C2CC2)c(C(=O)O)c1. The van der Waals surface area contributed by atoms with Crippen LogP contribution < -0.4 is 10.5 Å². The molecule has 7 nitrogen and oxygen atoms in total. The van der Waals surface area contributed by atoms with Crippen LogP contribution in [0.4, 0.5) is 5.69 Å². The molecule has 1 aliphatic rings. The topological polar surface area (TPSA) is 130 Å².